The van der Waals surface area contributed by atoms with Crippen LogP contribution in [0, 0.1) is 4.77 Å². The number of aromatic amines is 1. The number of hydrogen-bond donors (Lipinski definition) is 1. The van der Waals surface area contributed by atoms with E-state index in [-0.39, 0.29) is 11.9 Å². The monoisotopic (exact) mass is 444 g/mol. The molecule has 0 saturated carbocycles. The molecule has 4 rings (SSSR count). The summed E-state index contributed by atoms with van der Waals surface area (Å²) < 4.78 is 13.2. The second-order valence-electron chi connectivity index (χ2n) is 7.09. The summed E-state index contributed by atoms with van der Waals surface area (Å²) in [6, 6.07) is 9.90. The third-order valence-electron chi connectivity index (χ3n) is 5.41. The summed E-state index contributed by atoms with van der Waals surface area (Å²) in [7, 11) is 3.24. The van der Waals surface area contributed by atoms with Crippen LogP contribution in [0.1, 0.15) is 30.9 Å². The highest BCUT2D eigenvalue weighted by Crippen LogP contribution is 2.37. The van der Waals surface area contributed by atoms with Crippen molar-refractivity contribution in [2.45, 2.75) is 31.8 Å². The van der Waals surface area contributed by atoms with Crippen LogP contribution in [0.15, 0.2) is 35.7 Å². The number of thiophene rings is 1. The van der Waals surface area contributed by atoms with Gasteiger partial charge in [-0.3, -0.25) is 14.5 Å². The van der Waals surface area contributed by atoms with Gasteiger partial charge in [-0.15, -0.1) is 11.3 Å². The molecule has 7 nitrogen and oxygen atoms in total. The van der Waals surface area contributed by atoms with Gasteiger partial charge in [-0.05, 0) is 54.2 Å². The van der Waals surface area contributed by atoms with Gasteiger partial charge >= 0.3 is 0 Å². The molecule has 1 amide bonds. The van der Waals surface area contributed by atoms with E-state index < -0.39 is 0 Å². The molecular formula is C21H24N4O3S2. The molecule has 30 heavy (non-hydrogen) atoms. The van der Waals surface area contributed by atoms with Gasteiger partial charge in [0, 0.05) is 19.5 Å². The number of rotatable bonds is 7. The fraction of sp³-hybridized carbons (Fsp3) is 0.381. The van der Waals surface area contributed by atoms with E-state index in [1.54, 1.807) is 25.6 Å². The number of ether oxygens (including phenoxy) is 2. The lowest BCUT2D eigenvalue weighted by Crippen LogP contribution is -2.31. The first-order chi connectivity index (χ1) is 14.6. The highest BCUT2D eigenvalue weighted by atomic mass is 32.1. The van der Waals surface area contributed by atoms with Gasteiger partial charge in [0.05, 0.1) is 25.1 Å². The van der Waals surface area contributed by atoms with Gasteiger partial charge in [0.2, 0.25) is 5.91 Å². The van der Waals surface area contributed by atoms with Crippen LogP contribution < -0.4 is 9.47 Å². The van der Waals surface area contributed by atoms with Crippen molar-refractivity contribution in [3.8, 4) is 22.2 Å². The van der Waals surface area contributed by atoms with E-state index in [1.807, 2.05) is 45.2 Å². The first-order valence-corrected chi connectivity index (χ1v) is 11.1. The van der Waals surface area contributed by atoms with Gasteiger partial charge in [-0.25, -0.2) is 0 Å². The standard InChI is InChI=1S/C21H24N4O3S2/c1-27-16-8-7-14(13-17(16)28-2)15-5-3-10-24(15)19(26)9-11-25-20(22-23-21(25)29)18-6-4-12-30-18/h4,6-8,12-13,15H,3,5,9-11H2,1-2H3,(H,23,29). The zero-order chi connectivity index (χ0) is 21.1. The predicted octanol–water partition coefficient (Wildman–Crippen LogP) is 4.44. The van der Waals surface area contributed by atoms with Crippen LogP contribution in [0.5, 0.6) is 11.5 Å². The summed E-state index contributed by atoms with van der Waals surface area (Å²) in [6.45, 7) is 1.25. The third kappa shape index (κ3) is 3.99. The Balaban J connectivity index is 1.49. The molecular weight excluding hydrogens is 420 g/mol. The van der Waals surface area contributed by atoms with Crippen molar-refractivity contribution >= 4 is 29.5 Å². The largest absolute Gasteiger partial charge is 0.493 e. The molecule has 2 aromatic heterocycles. The van der Waals surface area contributed by atoms with Gasteiger partial charge in [-0.2, -0.15) is 5.10 Å². The molecule has 3 aromatic rings. The van der Waals surface area contributed by atoms with Crippen molar-refractivity contribution in [2.75, 3.05) is 20.8 Å². The smallest absolute Gasteiger partial charge is 0.224 e. The average Bonchev–Trinajstić information content (AvgIpc) is 3.52. The van der Waals surface area contributed by atoms with Crippen LogP contribution in [0.3, 0.4) is 0 Å². The number of carbonyl (C=O) groups is 1. The van der Waals surface area contributed by atoms with Gasteiger partial charge in [0.15, 0.2) is 22.1 Å². The molecule has 1 aromatic carbocycles. The summed E-state index contributed by atoms with van der Waals surface area (Å²) >= 11 is 6.98. The van der Waals surface area contributed by atoms with E-state index in [0.717, 1.165) is 35.7 Å². The fourth-order valence-electron chi connectivity index (χ4n) is 3.94. The maximum absolute atomic E-state index is 13.1. The normalized spacial score (nSPS) is 16.1. The summed E-state index contributed by atoms with van der Waals surface area (Å²) in [5.41, 5.74) is 1.07. The number of amides is 1. The fourth-order valence-corrected chi connectivity index (χ4v) is 4.89. The van der Waals surface area contributed by atoms with Crippen molar-refractivity contribution in [2.24, 2.45) is 0 Å². The van der Waals surface area contributed by atoms with Crippen molar-refractivity contribution < 1.29 is 14.3 Å². The summed E-state index contributed by atoms with van der Waals surface area (Å²) in [5.74, 6) is 2.26. The Morgan fingerprint density at radius 3 is 2.87 bits per heavy atom. The number of carbonyl (C=O) groups excluding carboxylic acids is 1. The summed E-state index contributed by atoms with van der Waals surface area (Å²) in [4.78, 5) is 16.1. The first kappa shape index (κ1) is 20.6. The predicted molar refractivity (Wildman–Crippen MR) is 119 cm³/mol. The van der Waals surface area contributed by atoms with Crippen LogP contribution in [0.4, 0.5) is 0 Å². The highest BCUT2D eigenvalue weighted by molar-refractivity contribution is 7.71. The molecule has 1 aliphatic rings. The first-order valence-electron chi connectivity index (χ1n) is 9.83. The van der Waals surface area contributed by atoms with Gasteiger partial charge in [-0.1, -0.05) is 12.1 Å². The third-order valence-corrected chi connectivity index (χ3v) is 6.59. The molecule has 1 unspecified atom stereocenters. The molecule has 1 aliphatic heterocycles. The average molecular weight is 445 g/mol. The van der Waals surface area contributed by atoms with Crippen molar-refractivity contribution in [1.82, 2.24) is 19.7 Å². The Labute approximate surface area is 184 Å². The summed E-state index contributed by atoms with van der Waals surface area (Å²) in [5, 5.41) is 9.19. The lowest BCUT2D eigenvalue weighted by molar-refractivity contribution is -0.132. The minimum atomic E-state index is 0.0476. The lowest BCUT2D eigenvalue weighted by Gasteiger charge is -2.26. The van der Waals surface area contributed by atoms with E-state index in [1.165, 1.54) is 0 Å². The maximum atomic E-state index is 13.1. The van der Waals surface area contributed by atoms with Crippen LogP contribution >= 0.6 is 23.6 Å². The minimum Gasteiger partial charge on any atom is -0.493 e. The molecule has 1 saturated heterocycles. The Morgan fingerprint density at radius 1 is 1.30 bits per heavy atom. The van der Waals surface area contributed by atoms with Gasteiger partial charge in [0.1, 0.15) is 0 Å². The second-order valence-corrected chi connectivity index (χ2v) is 8.43. The van der Waals surface area contributed by atoms with Crippen LogP contribution in [-0.4, -0.2) is 46.3 Å². The number of likely N-dealkylation sites (tertiary alicyclic amines) is 1. The molecule has 9 heteroatoms. The molecule has 0 radical (unpaired) electrons. The van der Waals surface area contributed by atoms with Crippen molar-refractivity contribution in [1.29, 1.82) is 0 Å². The lowest BCUT2D eigenvalue weighted by atomic mass is 10.0. The Morgan fingerprint density at radius 2 is 2.13 bits per heavy atom. The molecule has 1 atom stereocenters. The number of hydrogen-bond acceptors (Lipinski definition) is 6. The Hall–Kier alpha value is -2.65. The number of H-pyrrole nitrogens is 1. The highest BCUT2D eigenvalue weighted by Gasteiger charge is 2.30. The van der Waals surface area contributed by atoms with Crippen molar-refractivity contribution in [3.63, 3.8) is 0 Å². The molecule has 3 heterocycles. The Bertz CT molecular complexity index is 1070. The molecule has 0 bridgehead atoms. The second kappa shape index (κ2) is 9.01. The van der Waals surface area contributed by atoms with Gasteiger partial charge in [0.25, 0.3) is 0 Å². The van der Waals surface area contributed by atoms with E-state index in [2.05, 4.69) is 10.2 Å². The van der Waals surface area contributed by atoms with Crippen LogP contribution in [0.2, 0.25) is 0 Å². The molecule has 158 valence electrons. The van der Waals surface area contributed by atoms with E-state index in [0.29, 0.717) is 29.2 Å². The van der Waals surface area contributed by atoms with Gasteiger partial charge < -0.3 is 14.4 Å². The molecule has 0 aliphatic carbocycles. The van der Waals surface area contributed by atoms with E-state index >= 15 is 0 Å². The number of aromatic nitrogens is 3. The van der Waals surface area contributed by atoms with E-state index in [4.69, 9.17) is 21.7 Å². The van der Waals surface area contributed by atoms with Crippen LogP contribution in [-0.2, 0) is 11.3 Å². The number of methoxy groups -OCH3 is 2. The number of benzene rings is 1. The Kier molecular flexibility index (Phi) is 6.19. The maximum Gasteiger partial charge on any atom is 0.224 e. The summed E-state index contributed by atoms with van der Waals surface area (Å²) in [6.07, 6.45) is 2.29. The van der Waals surface area contributed by atoms with Crippen LogP contribution in [0.25, 0.3) is 10.7 Å². The number of nitrogens with zero attached hydrogens (tertiary/aromatic N) is 3. The topological polar surface area (TPSA) is 72.4 Å². The zero-order valence-corrected chi connectivity index (χ0v) is 18.6. The molecule has 1 N–H and O–H groups in total. The number of nitrogens with one attached hydrogen (secondary N) is 1. The zero-order valence-electron chi connectivity index (χ0n) is 17.0. The molecule has 1 fully saturated rings. The van der Waals surface area contributed by atoms with Crippen molar-refractivity contribution in [3.05, 3.63) is 46.0 Å². The quantitative estimate of drug-likeness (QED) is 0.546. The van der Waals surface area contributed by atoms with E-state index in [9.17, 15) is 4.79 Å². The molecule has 0 spiro atoms. The SMILES string of the molecule is COc1ccc(C2CCCN2C(=O)CCn2c(-c3cccs3)n[nH]c2=S)cc1OC. The minimum absolute atomic E-state index is 0.0476.